The van der Waals surface area contributed by atoms with Crippen molar-refractivity contribution in [1.29, 1.82) is 0 Å². The van der Waals surface area contributed by atoms with Crippen LogP contribution in [0.4, 0.5) is 11.6 Å². The number of aromatic nitrogens is 2. The molecule has 138 valence electrons. The number of ether oxygens (including phenoxy) is 1. The number of para-hydroxylation sites is 1. The third kappa shape index (κ3) is 4.78. The number of carbonyl (C=O) groups is 2. The van der Waals surface area contributed by atoms with Gasteiger partial charge in [-0.25, -0.2) is 14.8 Å². The summed E-state index contributed by atoms with van der Waals surface area (Å²) in [5.41, 5.74) is 1.37. The van der Waals surface area contributed by atoms with Gasteiger partial charge in [-0.2, -0.15) is 0 Å². The molecule has 1 aromatic carbocycles. The van der Waals surface area contributed by atoms with Gasteiger partial charge in [0.15, 0.2) is 0 Å². The number of methoxy groups -OCH3 is 1. The molecule has 0 saturated carbocycles. The molecule has 0 unspecified atom stereocenters. The van der Waals surface area contributed by atoms with E-state index in [2.05, 4.69) is 15.3 Å². The maximum Gasteiger partial charge on any atom is 0.339 e. The van der Waals surface area contributed by atoms with Gasteiger partial charge < -0.3 is 15.0 Å². The van der Waals surface area contributed by atoms with E-state index in [0.29, 0.717) is 35.9 Å². The Bertz CT molecular complexity index is 741. The van der Waals surface area contributed by atoms with Crippen LogP contribution in [0.3, 0.4) is 0 Å². The summed E-state index contributed by atoms with van der Waals surface area (Å²) in [5, 5.41) is 2.99. The van der Waals surface area contributed by atoms with Gasteiger partial charge in [-0.05, 0) is 25.0 Å². The molecule has 7 heteroatoms. The number of hydrogen-bond donors (Lipinski definition) is 1. The summed E-state index contributed by atoms with van der Waals surface area (Å²) in [5.74, 6) is -0.222. The molecule has 1 aromatic heterocycles. The van der Waals surface area contributed by atoms with Crippen LogP contribution in [0.1, 0.15) is 47.4 Å². The van der Waals surface area contributed by atoms with Gasteiger partial charge in [0.05, 0.1) is 23.9 Å². The number of hydrogen-bond acceptors (Lipinski definition) is 6. The Morgan fingerprint density at radius 3 is 2.27 bits per heavy atom. The van der Waals surface area contributed by atoms with E-state index in [-0.39, 0.29) is 5.91 Å². The van der Waals surface area contributed by atoms with E-state index < -0.39 is 5.97 Å². The first-order valence-electron chi connectivity index (χ1n) is 8.66. The molecule has 0 radical (unpaired) electrons. The molecule has 26 heavy (non-hydrogen) atoms. The van der Waals surface area contributed by atoms with Crippen LogP contribution in [-0.4, -0.2) is 46.9 Å². The lowest BCUT2D eigenvalue weighted by atomic mass is 10.2. The van der Waals surface area contributed by atoms with Gasteiger partial charge in [-0.1, -0.05) is 26.0 Å². The number of benzene rings is 1. The van der Waals surface area contributed by atoms with E-state index in [9.17, 15) is 9.59 Å². The lowest BCUT2D eigenvalue weighted by Crippen LogP contribution is -2.32. The van der Waals surface area contributed by atoms with Crippen LogP contribution in [-0.2, 0) is 4.74 Å². The van der Waals surface area contributed by atoms with Crippen LogP contribution in [0.15, 0.2) is 36.7 Å². The predicted octanol–water partition coefficient (Wildman–Crippen LogP) is 3.27. The van der Waals surface area contributed by atoms with Crippen molar-refractivity contribution in [2.45, 2.75) is 26.7 Å². The van der Waals surface area contributed by atoms with Crippen LogP contribution >= 0.6 is 0 Å². The number of esters is 1. The monoisotopic (exact) mass is 356 g/mol. The maximum atomic E-state index is 12.5. The summed E-state index contributed by atoms with van der Waals surface area (Å²) in [7, 11) is 1.33. The Labute approximate surface area is 153 Å². The fourth-order valence-electron chi connectivity index (χ4n) is 2.54. The highest BCUT2D eigenvalue weighted by Crippen LogP contribution is 2.19. The average Bonchev–Trinajstić information content (AvgIpc) is 2.67. The number of amides is 1. The topological polar surface area (TPSA) is 84.4 Å². The van der Waals surface area contributed by atoms with Crippen molar-refractivity contribution in [3.05, 3.63) is 47.8 Å². The standard InChI is InChI=1S/C19H24N4O3/c1-4-10-23(11-5-2)17(24)14-12-20-19(21-13-14)22-16-9-7-6-8-15(16)18(25)26-3/h6-9,12-13H,4-5,10-11H2,1-3H3,(H,20,21,22). The highest BCUT2D eigenvalue weighted by atomic mass is 16.5. The summed E-state index contributed by atoms with van der Waals surface area (Å²) in [4.78, 5) is 34.6. The number of nitrogens with one attached hydrogen (secondary N) is 1. The van der Waals surface area contributed by atoms with E-state index in [1.54, 1.807) is 29.2 Å². The van der Waals surface area contributed by atoms with Crippen LogP contribution in [0, 0.1) is 0 Å². The van der Waals surface area contributed by atoms with Gasteiger partial charge in [-0.15, -0.1) is 0 Å². The second kappa shape index (κ2) is 9.50. The van der Waals surface area contributed by atoms with E-state index in [1.807, 2.05) is 13.8 Å². The van der Waals surface area contributed by atoms with E-state index in [1.165, 1.54) is 19.5 Å². The third-order valence-electron chi connectivity index (χ3n) is 3.75. The molecule has 1 heterocycles. The van der Waals surface area contributed by atoms with E-state index in [0.717, 1.165) is 12.8 Å². The second-order valence-electron chi connectivity index (χ2n) is 5.75. The quantitative estimate of drug-likeness (QED) is 0.731. The highest BCUT2D eigenvalue weighted by Gasteiger charge is 2.16. The van der Waals surface area contributed by atoms with Crippen molar-refractivity contribution in [3.8, 4) is 0 Å². The fraction of sp³-hybridized carbons (Fsp3) is 0.368. The molecule has 0 fully saturated rings. The van der Waals surface area contributed by atoms with Gasteiger partial charge in [0, 0.05) is 25.5 Å². The Morgan fingerprint density at radius 2 is 1.69 bits per heavy atom. The first-order valence-corrected chi connectivity index (χ1v) is 8.66. The SMILES string of the molecule is CCCN(CCC)C(=O)c1cnc(Nc2ccccc2C(=O)OC)nc1. The molecule has 0 aliphatic heterocycles. The zero-order valence-corrected chi connectivity index (χ0v) is 15.4. The molecular weight excluding hydrogens is 332 g/mol. The van der Waals surface area contributed by atoms with Gasteiger partial charge >= 0.3 is 5.97 Å². The van der Waals surface area contributed by atoms with Gasteiger partial charge in [0.2, 0.25) is 5.95 Å². The van der Waals surface area contributed by atoms with Crippen molar-refractivity contribution >= 4 is 23.5 Å². The predicted molar refractivity (Wildman–Crippen MR) is 99.6 cm³/mol. The zero-order valence-electron chi connectivity index (χ0n) is 15.4. The number of carbonyl (C=O) groups excluding carboxylic acids is 2. The van der Waals surface area contributed by atoms with Gasteiger partial charge in [-0.3, -0.25) is 4.79 Å². The minimum atomic E-state index is -0.449. The minimum Gasteiger partial charge on any atom is -0.465 e. The molecule has 0 spiro atoms. The Morgan fingerprint density at radius 1 is 1.08 bits per heavy atom. The van der Waals surface area contributed by atoms with E-state index in [4.69, 9.17) is 4.74 Å². The Balaban J connectivity index is 2.15. The van der Waals surface area contributed by atoms with Crippen LogP contribution < -0.4 is 5.32 Å². The summed E-state index contributed by atoms with van der Waals surface area (Å²) in [6.07, 6.45) is 4.79. The molecule has 2 aromatic rings. The molecule has 0 bridgehead atoms. The lowest BCUT2D eigenvalue weighted by Gasteiger charge is -2.21. The number of nitrogens with zero attached hydrogens (tertiary/aromatic N) is 3. The summed E-state index contributed by atoms with van der Waals surface area (Å²) in [6.45, 7) is 5.49. The largest absolute Gasteiger partial charge is 0.465 e. The van der Waals surface area contributed by atoms with Crippen LogP contribution in [0.5, 0.6) is 0 Å². The molecule has 1 N–H and O–H groups in total. The molecule has 0 aliphatic carbocycles. The van der Waals surface area contributed by atoms with E-state index >= 15 is 0 Å². The fourth-order valence-corrected chi connectivity index (χ4v) is 2.54. The normalized spacial score (nSPS) is 10.3. The molecule has 7 nitrogen and oxygen atoms in total. The molecule has 0 atom stereocenters. The van der Waals surface area contributed by atoms with Crippen molar-refractivity contribution in [2.24, 2.45) is 0 Å². The van der Waals surface area contributed by atoms with Crippen molar-refractivity contribution in [1.82, 2.24) is 14.9 Å². The average molecular weight is 356 g/mol. The van der Waals surface area contributed by atoms with Gasteiger partial charge in [0.1, 0.15) is 0 Å². The lowest BCUT2D eigenvalue weighted by molar-refractivity contribution is 0.0601. The number of rotatable bonds is 8. The Hall–Kier alpha value is -2.96. The first-order chi connectivity index (χ1) is 12.6. The van der Waals surface area contributed by atoms with Crippen LogP contribution in [0.2, 0.25) is 0 Å². The zero-order chi connectivity index (χ0) is 18.9. The second-order valence-corrected chi connectivity index (χ2v) is 5.75. The minimum absolute atomic E-state index is 0.0739. The van der Waals surface area contributed by atoms with Crippen molar-refractivity contribution in [2.75, 3.05) is 25.5 Å². The van der Waals surface area contributed by atoms with Crippen molar-refractivity contribution in [3.63, 3.8) is 0 Å². The molecule has 2 rings (SSSR count). The first kappa shape index (κ1) is 19.4. The molecule has 1 amide bonds. The maximum absolute atomic E-state index is 12.5. The summed E-state index contributed by atoms with van der Waals surface area (Å²) < 4.78 is 4.77. The number of anilines is 2. The van der Waals surface area contributed by atoms with Crippen LogP contribution in [0.25, 0.3) is 0 Å². The molecular formula is C19H24N4O3. The molecule has 0 aliphatic rings. The summed E-state index contributed by atoms with van der Waals surface area (Å²) in [6, 6.07) is 6.93. The summed E-state index contributed by atoms with van der Waals surface area (Å²) >= 11 is 0. The third-order valence-corrected chi connectivity index (χ3v) is 3.75. The molecule has 0 saturated heterocycles. The highest BCUT2D eigenvalue weighted by molar-refractivity contribution is 5.96. The Kier molecular flexibility index (Phi) is 7.08. The van der Waals surface area contributed by atoms with Gasteiger partial charge in [0.25, 0.3) is 5.91 Å². The smallest absolute Gasteiger partial charge is 0.339 e. The van der Waals surface area contributed by atoms with Crippen molar-refractivity contribution < 1.29 is 14.3 Å².